The van der Waals surface area contributed by atoms with Crippen LogP contribution in [0.5, 0.6) is 17.2 Å². The van der Waals surface area contributed by atoms with Gasteiger partial charge in [-0.05, 0) is 35.9 Å². The molecule has 7 heteroatoms. The quantitative estimate of drug-likeness (QED) is 0.683. The third kappa shape index (κ3) is 5.25. The second-order valence-corrected chi connectivity index (χ2v) is 6.67. The molecule has 0 aliphatic carbocycles. The number of likely N-dealkylation sites (tertiary alicyclic amines) is 1. The van der Waals surface area contributed by atoms with E-state index < -0.39 is 11.6 Å². The molecule has 0 saturated carbocycles. The van der Waals surface area contributed by atoms with Gasteiger partial charge in [-0.15, -0.1) is 0 Å². The molecule has 0 radical (unpaired) electrons. The van der Waals surface area contributed by atoms with Crippen molar-refractivity contribution in [2.45, 2.75) is 18.9 Å². The molecule has 154 valence electrons. The number of halogens is 2. The number of amides is 1. The molecule has 3 rings (SSSR count). The van der Waals surface area contributed by atoms with Crippen LogP contribution in [-0.4, -0.2) is 44.2 Å². The van der Waals surface area contributed by atoms with Crippen LogP contribution in [0.3, 0.4) is 0 Å². The summed E-state index contributed by atoms with van der Waals surface area (Å²) < 4.78 is 42.5. The van der Waals surface area contributed by atoms with Crippen LogP contribution < -0.4 is 14.2 Å². The van der Waals surface area contributed by atoms with Gasteiger partial charge in [-0.3, -0.25) is 4.79 Å². The highest BCUT2D eigenvalue weighted by molar-refractivity contribution is 5.92. The Kier molecular flexibility index (Phi) is 6.69. The number of ether oxygens (including phenoxy) is 3. The molecule has 5 nitrogen and oxygen atoms in total. The Balaban J connectivity index is 1.53. The number of piperidine rings is 1. The van der Waals surface area contributed by atoms with Crippen molar-refractivity contribution in [3.63, 3.8) is 0 Å². The van der Waals surface area contributed by atoms with E-state index in [9.17, 15) is 13.6 Å². The van der Waals surface area contributed by atoms with Crippen molar-refractivity contribution >= 4 is 12.0 Å². The van der Waals surface area contributed by atoms with E-state index in [4.69, 9.17) is 14.2 Å². The summed E-state index contributed by atoms with van der Waals surface area (Å²) in [6, 6.07) is 8.91. The third-order valence-corrected chi connectivity index (χ3v) is 4.77. The summed E-state index contributed by atoms with van der Waals surface area (Å²) in [5, 5.41) is 0. The number of benzene rings is 2. The minimum absolute atomic E-state index is 0.0916. The second kappa shape index (κ2) is 9.41. The van der Waals surface area contributed by atoms with Gasteiger partial charge in [-0.2, -0.15) is 0 Å². The molecular formula is C22H23F2NO4. The average Bonchev–Trinajstić information content (AvgIpc) is 2.75. The first-order valence-electron chi connectivity index (χ1n) is 9.31. The van der Waals surface area contributed by atoms with Crippen LogP contribution in [0.25, 0.3) is 6.08 Å². The Hall–Kier alpha value is -3.09. The molecule has 1 heterocycles. The maximum absolute atomic E-state index is 13.3. The molecule has 1 aliphatic heterocycles. The first-order chi connectivity index (χ1) is 14.0. The van der Waals surface area contributed by atoms with E-state index in [1.54, 1.807) is 37.3 Å². The molecule has 0 bridgehead atoms. The van der Waals surface area contributed by atoms with Gasteiger partial charge in [0.15, 0.2) is 23.1 Å². The standard InChI is InChI=1S/C22H23F2NO4/c1-27-20-7-3-15(13-21(20)28-2)4-8-22(26)25-11-9-16(10-12-25)29-17-5-6-18(23)19(24)14-17/h3-8,13-14,16H,9-12H2,1-2H3/b8-4+. The highest BCUT2D eigenvalue weighted by Gasteiger charge is 2.23. The van der Waals surface area contributed by atoms with Crippen molar-refractivity contribution in [2.75, 3.05) is 27.3 Å². The summed E-state index contributed by atoms with van der Waals surface area (Å²) in [5.74, 6) is -0.418. The zero-order valence-corrected chi connectivity index (χ0v) is 16.4. The summed E-state index contributed by atoms with van der Waals surface area (Å²) in [4.78, 5) is 14.2. The molecule has 0 aromatic heterocycles. The minimum Gasteiger partial charge on any atom is -0.493 e. The van der Waals surface area contributed by atoms with E-state index in [1.807, 2.05) is 6.07 Å². The Morgan fingerprint density at radius 2 is 1.72 bits per heavy atom. The van der Waals surface area contributed by atoms with Crippen LogP contribution in [0.1, 0.15) is 18.4 Å². The van der Waals surface area contributed by atoms with E-state index in [0.717, 1.165) is 17.7 Å². The molecule has 0 atom stereocenters. The van der Waals surface area contributed by atoms with Crippen LogP contribution in [0.4, 0.5) is 8.78 Å². The molecule has 0 N–H and O–H groups in total. The molecule has 2 aromatic carbocycles. The predicted octanol–water partition coefficient (Wildman–Crippen LogP) is 4.07. The van der Waals surface area contributed by atoms with E-state index in [0.29, 0.717) is 43.2 Å². The first kappa shape index (κ1) is 20.6. The van der Waals surface area contributed by atoms with Crippen molar-refractivity contribution in [1.29, 1.82) is 0 Å². The lowest BCUT2D eigenvalue weighted by molar-refractivity contribution is -0.127. The van der Waals surface area contributed by atoms with Crippen molar-refractivity contribution < 1.29 is 27.8 Å². The minimum atomic E-state index is -0.935. The van der Waals surface area contributed by atoms with Crippen molar-refractivity contribution in [3.8, 4) is 17.2 Å². The van der Waals surface area contributed by atoms with Crippen LogP contribution in [0, 0.1) is 11.6 Å². The molecule has 29 heavy (non-hydrogen) atoms. The molecular weight excluding hydrogens is 380 g/mol. The van der Waals surface area contributed by atoms with Crippen LogP contribution in [0.2, 0.25) is 0 Å². The molecule has 0 spiro atoms. The van der Waals surface area contributed by atoms with Crippen LogP contribution in [-0.2, 0) is 4.79 Å². The summed E-state index contributed by atoms with van der Waals surface area (Å²) in [6.45, 7) is 1.06. The second-order valence-electron chi connectivity index (χ2n) is 6.67. The van der Waals surface area contributed by atoms with E-state index >= 15 is 0 Å². The number of carbonyl (C=O) groups excluding carboxylic acids is 1. The summed E-state index contributed by atoms with van der Waals surface area (Å²) in [5.41, 5.74) is 0.826. The monoisotopic (exact) mass is 403 g/mol. The van der Waals surface area contributed by atoms with E-state index in [-0.39, 0.29) is 12.0 Å². The van der Waals surface area contributed by atoms with Gasteiger partial charge < -0.3 is 19.1 Å². The maximum Gasteiger partial charge on any atom is 0.246 e. The van der Waals surface area contributed by atoms with Crippen molar-refractivity contribution in [1.82, 2.24) is 4.90 Å². The lowest BCUT2D eigenvalue weighted by Crippen LogP contribution is -2.41. The normalized spacial score (nSPS) is 14.8. The number of rotatable bonds is 6. The lowest BCUT2D eigenvalue weighted by atomic mass is 10.1. The van der Waals surface area contributed by atoms with Gasteiger partial charge >= 0.3 is 0 Å². The highest BCUT2D eigenvalue weighted by atomic mass is 19.2. The predicted molar refractivity (Wildman–Crippen MR) is 105 cm³/mol. The zero-order chi connectivity index (χ0) is 20.8. The molecule has 2 aromatic rings. The fraction of sp³-hybridized carbons (Fsp3) is 0.318. The summed E-state index contributed by atoms with van der Waals surface area (Å²) in [6.07, 6.45) is 4.36. The van der Waals surface area contributed by atoms with Gasteiger partial charge in [0.25, 0.3) is 0 Å². The molecule has 1 amide bonds. The van der Waals surface area contributed by atoms with Gasteiger partial charge in [-0.25, -0.2) is 8.78 Å². The number of hydrogen-bond donors (Lipinski definition) is 0. The zero-order valence-electron chi connectivity index (χ0n) is 16.4. The maximum atomic E-state index is 13.3. The number of carbonyl (C=O) groups is 1. The largest absolute Gasteiger partial charge is 0.493 e. The first-order valence-corrected chi connectivity index (χ1v) is 9.31. The fourth-order valence-electron chi connectivity index (χ4n) is 3.17. The number of nitrogens with zero attached hydrogens (tertiary/aromatic N) is 1. The summed E-state index contributed by atoms with van der Waals surface area (Å²) in [7, 11) is 3.12. The van der Waals surface area contributed by atoms with Gasteiger partial charge in [0, 0.05) is 38.1 Å². The fourth-order valence-corrected chi connectivity index (χ4v) is 3.17. The average molecular weight is 403 g/mol. The number of methoxy groups -OCH3 is 2. The van der Waals surface area contributed by atoms with Crippen LogP contribution >= 0.6 is 0 Å². The molecule has 1 saturated heterocycles. The third-order valence-electron chi connectivity index (χ3n) is 4.77. The van der Waals surface area contributed by atoms with Crippen LogP contribution in [0.15, 0.2) is 42.5 Å². The van der Waals surface area contributed by atoms with Gasteiger partial charge in [0.1, 0.15) is 11.9 Å². The van der Waals surface area contributed by atoms with Crippen molar-refractivity contribution in [3.05, 3.63) is 59.7 Å². The molecule has 1 fully saturated rings. The number of hydrogen-bond acceptors (Lipinski definition) is 4. The van der Waals surface area contributed by atoms with Gasteiger partial charge in [-0.1, -0.05) is 6.07 Å². The lowest BCUT2D eigenvalue weighted by Gasteiger charge is -2.31. The van der Waals surface area contributed by atoms with E-state index in [2.05, 4.69) is 0 Å². The Bertz CT molecular complexity index is 892. The summed E-state index contributed by atoms with van der Waals surface area (Å²) >= 11 is 0. The van der Waals surface area contributed by atoms with E-state index in [1.165, 1.54) is 12.1 Å². The topological polar surface area (TPSA) is 48.0 Å². The SMILES string of the molecule is COc1ccc(/C=C/C(=O)N2CCC(Oc3ccc(F)c(F)c3)CC2)cc1OC. The Labute approximate surface area is 168 Å². The van der Waals surface area contributed by atoms with Crippen molar-refractivity contribution in [2.24, 2.45) is 0 Å². The molecule has 1 aliphatic rings. The van der Waals surface area contributed by atoms with Gasteiger partial charge in [0.05, 0.1) is 14.2 Å². The smallest absolute Gasteiger partial charge is 0.246 e. The Morgan fingerprint density at radius 3 is 2.38 bits per heavy atom. The molecule has 0 unspecified atom stereocenters. The highest BCUT2D eigenvalue weighted by Crippen LogP contribution is 2.28. The Morgan fingerprint density at radius 1 is 1.00 bits per heavy atom. The van der Waals surface area contributed by atoms with Gasteiger partial charge in [0.2, 0.25) is 5.91 Å².